The van der Waals surface area contributed by atoms with Gasteiger partial charge in [-0.3, -0.25) is 18.6 Å². The molecule has 0 saturated heterocycles. The van der Waals surface area contributed by atoms with Crippen molar-refractivity contribution < 1.29 is 37.3 Å². The summed E-state index contributed by atoms with van der Waals surface area (Å²) in [6, 6.07) is -0.862. The Labute approximate surface area is 456 Å². The molecule has 74 heavy (non-hydrogen) atoms. The lowest BCUT2D eigenvalue weighted by Gasteiger charge is -2.27. The van der Waals surface area contributed by atoms with Crippen LogP contribution >= 0.6 is 7.82 Å². The van der Waals surface area contributed by atoms with Crippen LogP contribution in [0.5, 0.6) is 0 Å². The molecule has 0 rings (SSSR count). The van der Waals surface area contributed by atoms with E-state index in [4.69, 9.17) is 13.8 Å². The maximum atomic E-state index is 13.5. The zero-order chi connectivity index (χ0) is 54.3. The number of allylic oxidation sites excluding steroid dienone is 13. The third-order valence-electron chi connectivity index (χ3n) is 13.1. The minimum atomic E-state index is -4.46. The summed E-state index contributed by atoms with van der Waals surface area (Å²) in [5.41, 5.74) is 0. The number of quaternary nitrogens is 1. The second-order valence-electron chi connectivity index (χ2n) is 21.5. The van der Waals surface area contributed by atoms with Crippen LogP contribution < -0.4 is 5.32 Å². The van der Waals surface area contributed by atoms with E-state index in [1.807, 2.05) is 33.3 Å². The van der Waals surface area contributed by atoms with Crippen molar-refractivity contribution in [2.24, 2.45) is 0 Å². The summed E-state index contributed by atoms with van der Waals surface area (Å²) in [6.07, 6.45) is 70.0. The van der Waals surface area contributed by atoms with Crippen molar-refractivity contribution in [3.8, 4) is 0 Å². The number of phosphoric acid groups is 1. The molecule has 0 aliphatic heterocycles. The van der Waals surface area contributed by atoms with E-state index in [1.54, 1.807) is 0 Å². The molecule has 1 amide bonds. The summed E-state index contributed by atoms with van der Waals surface area (Å²) in [6.45, 7) is 6.87. The first-order chi connectivity index (χ1) is 35.9. The largest absolute Gasteiger partial charge is 0.472 e. The quantitative estimate of drug-likeness (QED) is 0.0205. The molecule has 3 unspecified atom stereocenters. The van der Waals surface area contributed by atoms with Crippen molar-refractivity contribution in [3.05, 3.63) is 85.1 Å². The fourth-order valence-corrected chi connectivity index (χ4v) is 9.11. The highest BCUT2D eigenvalue weighted by molar-refractivity contribution is 7.47. The number of esters is 1. The van der Waals surface area contributed by atoms with E-state index in [2.05, 4.69) is 99.0 Å². The number of likely N-dealkylation sites (N-methyl/N-ethyl adjacent to an activating group) is 1. The molecule has 0 aromatic carbocycles. The number of phosphoric ester groups is 1. The molecule has 0 aromatic rings. The second-order valence-corrected chi connectivity index (χ2v) is 22.9. The number of nitrogens with zero attached hydrogens (tertiary/aromatic N) is 1. The molecule has 10 heteroatoms. The number of unbranched alkanes of at least 4 members (excludes halogenated alkanes) is 26. The van der Waals surface area contributed by atoms with Crippen LogP contribution in [0, 0.1) is 0 Å². The molecule has 3 atom stereocenters. The lowest BCUT2D eigenvalue weighted by Crippen LogP contribution is -2.47. The third-order valence-corrected chi connectivity index (χ3v) is 14.1. The predicted molar refractivity (Wildman–Crippen MR) is 318 cm³/mol. The van der Waals surface area contributed by atoms with Gasteiger partial charge in [0, 0.05) is 12.8 Å². The molecule has 428 valence electrons. The predicted octanol–water partition coefficient (Wildman–Crippen LogP) is 18.6. The standard InChI is InChI=1S/C64H115N2O7P/c1-7-10-13-16-19-22-25-28-30-31-32-33-34-35-37-39-42-45-48-51-54-57-64(68)73-62(55-52-49-46-43-40-27-24-21-18-15-12-9-3)61(60-72-74(69,70)71-59-58-66(4,5)6)65-63(67)56-53-50-47-44-41-38-36-29-26-23-20-17-14-11-8-2/h10,13,19,22-23,26,28,30,32-33,35,37,52,55,61-62H,7-9,11-12,14-18,20-21,24-25,27,29,31,34,36,38-51,53-54,56-60H2,1-6H3,(H-,65,67,69,70)/p+1/b13-10-,22-19-,26-23-,30-28-,33-32-,37-35-,55-52-. The van der Waals surface area contributed by atoms with Crippen molar-refractivity contribution in [2.75, 3.05) is 40.9 Å². The number of hydrogen-bond acceptors (Lipinski definition) is 6. The van der Waals surface area contributed by atoms with E-state index in [0.717, 1.165) is 116 Å². The van der Waals surface area contributed by atoms with Crippen molar-refractivity contribution in [1.82, 2.24) is 5.32 Å². The summed E-state index contributed by atoms with van der Waals surface area (Å²) in [5, 5.41) is 3.05. The lowest BCUT2D eigenvalue weighted by atomic mass is 10.0. The van der Waals surface area contributed by atoms with Crippen molar-refractivity contribution >= 4 is 19.7 Å². The summed E-state index contributed by atoms with van der Waals surface area (Å²) >= 11 is 0. The molecular formula is C64H116N2O7P+. The van der Waals surface area contributed by atoms with Gasteiger partial charge in [-0.25, -0.2) is 4.57 Å². The maximum Gasteiger partial charge on any atom is 0.472 e. The van der Waals surface area contributed by atoms with Gasteiger partial charge in [0.05, 0.1) is 33.8 Å². The van der Waals surface area contributed by atoms with E-state index in [0.29, 0.717) is 23.9 Å². The van der Waals surface area contributed by atoms with E-state index in [1.165, 1.54) is 103 Å². The number of ether oxygens (including phenoxy) is 1. The van der Waals surface area contributed by atoms with Crippen molar-refractivity contribution in [2.45, 2.75) is 270 Å². The van der Waals surface area contributed by atoms with E-state index >= 15 is 0 Å². The van der Waals surface area contributed by atoms with Crippen LogP contribution in [0.25, 0.3) is 0 Å². The Bertz CT molecular complexity index is 1540. The SMILES string of the molecule is CC/C=C\C/C=C\C/C=C\C/C=C\C/C=C\CCCCCCCC(=O)OC(/C=C\CCCCCCCCCCCC)C(COP(=O)(O)OCC[N+](C)(C)C)NC(=O)CCCCCCCCC/C=C\CCCCCC. The molecule has 2 N–H and O–H groups in total. The average molecular weight is 1060 g/mol. The van der Waals surface area contributed by atoms with Gasteiger partial charge in [0.2, 0.25) is 5.91 Å². The number of amides is 1. The Kier molecular flexibility index (Phi) is 51.5. The minimum absolute atomic E-state index is 0.0328. The van der Waals surface area contributed by atoms with Crippen LogP contribution in [0.15, 0.2) is 85.1 Å². The Morgan fingerprint density at radius 3 is 1.32 bits per heavy atom. The number of carbonyl (C=O) groups is 2. The molecule has 0 aliphatic carbocycles. The number of carbonyl (C=O) groups excluding carboxylic acids is 2. The molecule has 9 nitrogen and oxygen atoms in total. The van der Waals surface area contributed by atoms with Crippen LogP contribution in [0.2, 0.25) is 0 Å². The number of nitrogens with one attached hydrogen (secondary N) is 1. The summed E-state index contributed by atoms with van der Waals surface area (Å²) < 4.78 is 30.7. The van der Waals surface area contributed by atoms with Crippen LogP contribution in [-0.4, -0.2) is 74.3 Å². The van der Waals surface area contributed by atoms with Crippen LogP contribution in [0.3, 0.4) is 0 Å². The maximum absolute atomic E-state index is 13.5. The highest BCUT2D eigenvalue weighted by Crippen LogP contribution is 2.43. The van der Waals surface area contributed by atoms with E-state index in [-0.39, 0.29) is 31.5 Å². The zero-order valence-corrected chi connectivity index (χ0v) is 49.7. The van der Waals surface area contributed by atoms with Crippen LogP contribution in [-0.2, 0) is 27.9 Å². The Morgan fingerprint density at radius 1 is 0.486 bits per heavy atom. The summed E-state index contributed by atoms with van der Waals surface area (Å²) in [4.78, 5) is 37.7. The van der Waals surface area contributed by atoms with Gasteiger partial charge >= 0.3 is 13.8 Å². The van der Waals surface area contributed by atoms with Gasteiger partial charge in [0.1, 0.15) is 19.3 Å². The first-order valence-corrected chi connectivity index (χ1v) is 31.9. The molecular weight excluding hydrogens is 940 g/mol. The molecule has 0 aromatic heterocycles. The third kappa shape index (κ3) is 54.0. The van der Waals surface area contributed by atoms with Crippen molar-refractivity contribution in [1.29, 1.82) is 0 Å². The van der Waals surface area contributed by atoms with Gasteiger partial charge < -0.3 is 19.4 Å². The van der Waals surface area contributed by atoms with Crippen LogP contribution in [0.4, 0.5) is 0 Å². The van der Waals surface area contributed by atoms with Crippen LogP contribution in [0.1, 0.15) is 258 Å². The monoisotopic (exact) mass is 1060 g/mol. The van der Waals surface area contributed by atoms with E-state index < -0.39 is 20.0 Å². The Morgan fingerprint density at radius 2 is 0.865 bits per heavy atom. The highest BCUT2D eigenvalue weighted by atomic mass is 31.2. The summed E-state index contributed by atoms with van der Waals surface area (Å²) in [5.74, 6) is -0.533. The minimum Gasteiger partial charge on any atom is -0.456 e. The smallest absolute Gasteiger partial charge is 0.456 e. The first kappa shape index (κ1) is 71.2. The molecule has 0 fully saturated rings. The lowest BCUT2D eigenvalue weighted by molar-refractivity contribution is -0.870. The topological polar surface area (TPSA) is 111 Å². The molecule has 0 saturated carbocycles. The van der Waals surface area contributed by atoms with Gasteiger partial charge in [-0.2, -0.15) is 0 Å². The van der Waals surface area contributed by atoms with Gasteiger partial charge in [-0.05, 0) is 102 Å². The zero-order valence-electron chi connectivity index (χ0n) is 48.8. The molecule has 0 heterocycles. The fourth-order valence-electron chi connectivity index (χ4n) is 8.37. The number of hydrogen-bond donors (Lipinski definition) is 2. The molecule has 0 radical (unpaired) electrons. The van der Waals surface area contributed by atoms with E-state index in [9.17, 15) is 19.0 Å². The Hall–Kier alpha value is -2.81. The van der Waals surface area contributed by atoms with Gasteiger partial charge in [0.25, 0.3) is 0 Å². The van der Waals surface area contributed by atoms with Crippen molar-refractivity contribution in [3.63, 3.8) is 0 Å². The Balaban J connectivity index is 5.32. The fraction of sp³-hybridized carbons (Fsp3) is 0.750. The normalized spacial score (nSPS) is 14.3. The second kappa shape index (κ2) is 53.6. The van der Waals surface area contributed by atoms with Gasteiger partial charge in [-0.1, -0.05) is 228 Å². The molecule has 0 bridgehead atoms. The highest BCUT2D eigenvalue weighted by Gasteiger charge is 2.30. The molecule has 0 spiro atoms. The first-order valence-electron chi connectivity index (χ1n) is 30.4. The van der Waals surface area contributed by atoms with Gasteiger partial charge in [-0.15, -0.1) is 0 Å². The summed E-state index contributed by atoms with van der Waals surface area (Å²) in [7, 11) is 1.47. The molecule has 0 aliphatic rings. The van der Waals surface area contributed by atoms with Gasteiger partial charge in [0.15, 0.2) is 0 Å². The average Bonchev–Trinajstić information content (AvgIpc) is 3.36. The number of rotatable bonds is 54.